The van der Waals surface area contributed by atoms with Crippen LogP contribution in [0.4, 0.5) is 19.1 Å². The van der Waals surface area contributed by atoms with Crippen LogP contribution in [0.5, 0.6) is 0 Å². The molecule has 11 heteroatoms. The average molecular weight is 478 g/mol. The highest BCUT2D eigenvalue weighted by atomic mass is 127. The molecule has 0 atom stereocenters. The lowest BCUT2D eigenvalue weighted by molar-refractivity contribution is -0.141. The molecule has 3 N–H and O–H groups in total. The molecule has 0 unspecified atom stereocenters. The zero-order valence-electron chi connectivity index (χ0n) is 13.5. The van der Waals surface area contributed by atoms with Crippen LogP contribution in [0.15, 0.2) is 17.3 Å². The van der Waals surface area contributed by atoms with E-state index in [0.29, 0.717) is 25.6 Å². The Morgan fingerprint density at radius 2 is 2.04 bits per heavy atom. The Kier molecular flexibility index (Phi) is 11.9. The molecule has 0 bridgehead atoms. The second-order valence-electron chi connectivity index (χ2n) is 4.37. The summed E-state index contributed by atoms with van der Waals surface area (Å²) in [5.41, 5.74) is -0.963. The van der Waals surface area contributed by atoms with Crippen LogP contribution in [-0.4, -0.2) is 54.1 Å². The molecule has 0 aliphatic heterocycles. The van der Waals surface area contributed by atoms with Gasteiger partial charge in [0.05, 0.1) is 6.54 Å². The summed E-state index contributed by atoms with van der Waals surface area (Å²) in [5, 5.41) is 8.93. The molecule has 0 saturated carbocycles. The summed E-state index contributed by atoms with van der Waals surface area (Å²) in [7, 11) is 0. The van der Waals surface area contributed by atoms with E-state index in [1.165, 1.54) is 0 Å². The van der Waals surface area contributed by atoms with Gasteiger partial charge in [0.1, 0.15) is 5.69 Å². The first-order valence-electron chi connectivity index (χ1n) is 7.12. The van der Waals surface area contributed by atoms with Crippen molar-refractivity contribution < 1.29 is 13.2 Å². The first-order valence-corrected chi connectivity index (χ1v) is 8.52. The number of nitrogens with one attached hydrogen (secondary N) is 3. The van der Waals surface area contributed by atoms with E-state index in [-0.39, 0.29) is 29.9 Å². The number of rotatable bonds is 8. The van der Waals surface area contributed by atoms with E-state index in [0.717, 1.165) is 24.6 Å². The molecule has 1 rings (SSSR count). The number of nitrogens with zero attached hydrogens (tertiary/aromatic N) is 3. The Labute approximate surface area is 160 Å². The molecular weight excluding hydrogens is 456 g/mol. The molecule has 0 aliphatic carbocycles. The van der Waals surface area contributed by atoms with Gasteiger partial charge in [0, 0.05) is 31.6 Å². The summed E-state index contributed by atoms with van der Waals surface area (Å²) in [4.78, 5) is 11.6. The summed E-state index contributed by atoms with van der Waals surface area (Å²) < 4.78 is 37.6. The number of hydrogen-bond acceptors (Lipinski definition) is 5. The van der Waals surface area contributed by atoms with Gasteiger partial charge in [-0.05, 0) is 19.2 Å². The second kappa shape index (κ2) is 12.4. The molecule has 0 aromatic carbocycles. The van der Waals surface area contributed by atoms with Gasteiger partial charge in [-0.3, -0.25) is 4.99 Å². The highest BCUT2D eigenvalue weighted by Crippen LogP contribution is 2.27. The number of alkyl halides is 3. The lowest BCUT2D eigenvalue weighted by atomic mass is 10.4. The first kappa shape index (κ1) is 23.0. The van der Waals surface area contributed by atoms with Crippen LogP contribution in [0.2, 0.25) is 0 Å². The van der Waals surface area contributed by atoms with Crippen molar-refractivity contribution >= 4 is 47.6 Å². The fourth-order valence-corrected chi connectivity index (χ4v) is 1.82. The molecule has 0 saturated heterocycles. The number of hydrogen-bond donors (Lipinski definition) is 3. The highest BCUT2D eigenvalue weighted by molar-refractivity contribution is 14.0. The van der Waals surface area contributed by atoms with Crippen LogP contribution < -0.4 is 16.0 Å². The minimum Gasteiger partial charge on any atom is -0.357 e. The van der Waals surface area contributed by atoms with E-state index < -0.39 is 11.9 Å². The van der Waals surface area contributed by atoms with Crippen molar-refractivity contribution in [3.05, 3.63) is 18.0 Å². The molecule has 1 heterocycles. The number of anilines is 1. The Hall–Kier alpha value is -0.980. The van der Waals surface area contributed by atoms with Gasteiger partial charge in [-0.25, -0.2) is 9.97 Å². The summed E-state index contributed by atoms with van der Waals surface area (Å²) in [6.45, 7) is 4.23. The Bertz CT molecular complexity index is 501. The SMILES string of the molecule is CCNC(=NCCSC)NCCNc1nccc(C(F)(F)F)n1.I. The predicted octanol–water partition coefficient (Wildman–Crippen LogP) is 2.44. The zero-order valence-corrected chi connectivity index (χ0v) is 16.6. The Morgan fingerprint density at radius 3 is 2.67 bits per heavy atom. The Morgan fingerprint density at radius 1 is 1.29 bits per heavy atom. The van der Waals surface area contributed by atoms with Crippen molar-refractivity contribution in [3.63, 3.8) is 0 Å². The molecular formula is C13H22F3IN6S. The molecule has 1 aromatic heterocycles. The molecule has 0 fully saturated rings. The monoisotopic (exact) mass is 478 g/mol. The minimum absolute atomic E-state index is 0. The maximum absolute atomic E-state index is 12.5. The fourth-order valence-electron chi connectivity index (χ4n) is 1.55. The van der Waals surface area contributed by atoms with E-state index in [1.54, 1.807) is 11.8 Å². The van der Waals surface area contributed by atoms with E-state index in [1.807, 2.05) is 13.2 Å². The molecule has 0 radical (unpaired) electrons. The molecule has 0 aliphatic rings. The van der Waals surface area contributed by atoms with Gasteiger partial charge in [0.25, 0.3) is 0 Å². The summed E-state index contributed by atoms with van der Waals surface area (Å²) in [6.07, 6.45) is -1.38. The normalized spacial score (nSPS) is 11.6. The van der Waals surface area contributed by atoms with Crippen LogP contribution in [0.25, 0.3) is 0 Å². The maximum atomic E-state index is 12.5. The highest BCUT2D eigenvalue weighted by Gasteiger charge is 2.32. The summed E-state index contributed by atoms with van der Waals surface area (Å²) >= 11 is 1.71. The second-order valence-corrected chi connectivity index (χ2v) is 5.36. The molecule has 1 aromatic rings. The minimum atomic E-state index is -4.47. The van der Waals surface area contributed by atoms with Crippen LogP contribution in [0, 0.1) is 0 Å². The number of guanidine groups is 1. The maximum Gasteiger partial charge on any atom is 0.433 e. The lowest BCUT2D eigenvalue weighted by Crippen LogP contribution is -2.39. The van der Waals surface area contributed by atoms with E-state index in [9.17, 15) is 13.2 Å². The largest absolute Gasteiger partial charge is 0.433 e. The van der Waals surface area contributed by atoms with Crippen LogP contribution in [0.1, 0.15) is 12.6 Å². The molecule has 0 spiro atoms. The zero-order chi connectivity index (χ0) is 17.1. The van der Waals surface area contributed by atoms with Crippen LogP contribution >= 0.6 is 35.7 Å². The van der Waals surface area contributed by atoms with Gasteiger partial charge < -0.3 is 16.0 Å². The van der Waals surface area contributed by atoms with Gasteiger partial charge in [0.15, 0.2) is 5.96 Å². The molecule has 0 amide bonds. The third kappa shape index (κ3) is 9.35. The van der Waals surface area contributed by atoms with E-state index >= 15 is 0 Å². The van der Waals surface area contributed by atoms with Crippen molar-refractivity contribution in [3.8, 4) is 0 Å². The number of thioether (sulfide) groups is 1. The first-order chi connectivity index (χ1) is 11.0. The van der Waals surface area contributed by atoms with E-state index in [2.05, 4.69) is 30.9 Å². The molecule has 6 nitrogen and oxygen atoms in total. The van der Waals surface area contributed by atoms with Crippen molar-refractivity contribution in [2.75, 3.05) is 43.5 Å². The van der Waals surface area contributed by atoms with Gasteiger partial charge in [-0.2, -0.15) is 24.9 Å². The standard InChI is InChI=1S/C13H21F3N6S.HI/c1-3-17-11(21-8-9-23-2)19-6-7-20-12-18-5-4-10(22-12)13(14,15)16;/h4-5H,3,6-9H2,1-2H3,(H2,17,19,21)(H,18,20,22);1H. The van der Waals surface area contributed by atoms with Gasteiger partial charge in [0.2, 0.25) is 5.95 Å². The average Bonchev–Trinajstić information content (AvgIpc) is 2.51. The van der Waals surface area contributed by atoms with Crippen molar-refractivity contribution in [1.82, 2.24) is 20.6 Å². The smallest absolute Gasteiger partial charge is 0.357 e. The van der Waals surface area contributed by atoms with Crippen LogP contribution in [0.3, 0.4) is 0 Å². The molecule has 24 heavy (non-hydrogen) atoms. The predicted molar refractivity (Wildman–Crippen MR) is 103 cm³/mol. The van der Waals surface area contributed by atoms with Crippen molar-refractivity contribution in [1.29, 1.82) is 0 Å². The van der Waals surface area contributed by atoms with Gasteiger partial charge in [-0.15, -0.1) is 24.0 Å². The summed E-state index contributed by atoms with van der Waals surface area (Å²) in [6, 6.07) is 0.838. The summed E-state index contributed by atoms with van der Waals surface area (Å²) in [5.74, 6) is 1.55. The Balaban J connectivity index is 0.00000529. The number of aromatic nitrogens is 2. The van der Waals surface area contributed by atoms with Crippen LogP contribution in [-0.2, 0) is 6.18 Å². The lowest BCUT2D eigenvalue weighted by Gasteiger charge is -2.12. The third-order valence-electron chi connectivity index (χ3n) is 2.56. The fraction of sp³-hybridized carbons (Fsp3) is 0.615. The van der Waals surface area contributed by atoms with Gasteiger partial charge in [-0.1, -0.05) is 0 Å². The molecule has 138 valence electrons. The van der Waals surface area contributed by atoms with E-state index in [4.69, 9.17) is 0 Å². The van der Waals surface area contributed by atoms with Gasteiger partial charge >= 0.3 is 6.18 Å². The number of halogens is 4. The topological polar surface area (TPSA) is 74.2 Å². The van der Waals surface area contributed by atoms with Crippen molar-refractivity contribution in [2.45, 2.75) is 13.1 Å². The number of aliphatic imine (C=N–C) groups is 1. The third-order valence-corrected chi connectivity index (χ3v) is 3.15. The van der Waals surface area contributed by atoms with Crippen molar-refractivity contribution in [2.24, 2.45) is 4.99 Å². The quantitative estimate of drug-likeness (QED) is 0.231.